The van der Waals surface area contributed by atoms with Crippen molar-refractivity contribution in [3.63, 3.8) is 0 Å². The van der Waals surface area contributed by atoms with Crippen LogP contribution in [0.4, 0.5) is 0 Å². The third-order valence-electron chi connectivity index (χ3n) is 6.50. The zero-order valence-electron chi connectivity index (χ0n) is 17.7. The number of hydrogen-bond acceptors (Lipinski definition) is 2. The average Bonchev–Trinajstić information content (AvgIpc) is 3.50. The number of hydrogen-bond donors (Lipinski definition) is 0. The zero-order valence-corrected chi connectivity index (χ0v) is 17.7. The van der Waals surface area contributed by atoms with E-state index < -0.39 is 5.54 Å². The lowest BCUT2D eigenvalue weighted by atomic mass is 9.77. The molecule has 3 heteroatoms. The van der Waals surface area contributed by atoms with Crippen molar-refractivity contribution in [2.75, 3.05) is 0 Å². The Labute approximate surface area is 183 Å². The molecule has 3 nitrogen and oxygen atoms in total. The molecule has 1 aliphatic rings. The summed E-state index contributed by atoms with van der Waals surface area (Å²) in [6, 6.07) is 31.8. The molecule has 0 bridgehead atoms. The summed E-state index contributed by atoms with van der Waals surface area (Å²) < 4.78 is 2.23. The Hall–Kier alpha value is -3.46. The second kappa shape index (κ2) is 7.99. The topological polar surface area (TPSA) is 34.9 Å². The van der Waals surface area contributed by atoms with E-state index in [0.717, 1.165) is 12.1 Å². The van der Waals surface area contributed by atoms with Crippen LogP contribution in [-0.4, -0.2) is 15.3 Å². The van der Waals surface area contributed by atoms with E-state index in [1.54, 1.807) is 0 Å². The van der Waals surface area contributed by atoms with Gasteiger partial charge in [-0.1, -0.05) is 97.9 Å². The van der Waals surface area contributed by atoms with Crippen LogP contribution in [-0.2, 0) is 10.3 Å². The molecule has 0 saturated heterocycles. The van der Waals surface area contributed by atoms with Crippen molar-refractivity contribution in [3.8, 4) is 0 Å². The molecule has 4 aromatic rings. The van der Waals surface area contributed by atoms with Gasteiger partial charge in [-0.05, 0) is 23.1 Å². The van der Waals surface area contributed by atoms with Crippen LogP contribution in [0.3, 0.4) is 0 Å². The highest BCUT2D eigenvalue weighted by molar-refractivity contribution is 5.84. The Balaban J connectivity index is 1.71. The first-order valence-corrected chi connectivity index (χ1v) is 11.0. The molecule has 31 heavy (non-hydrogen) atoms. The average molecular weight is 407 g/mol. The van der Waals surface area contributed by atoms with Crippen molar-refractivity contribution in [2.45, 2.75) is 31.2 Å². The van der Waals surface area contributed by atoms with Gasteiger partial charge >= 0.3 is 0 Å². The maximum absolute atomic E-state index is 12.2. The molecule has 0 N–H and O–H groups in total. The van der Waals surface area contributed by atoms with Crippen molar-refractivity contribution < 1.29 is 4.79 Å². The van der Waals surface area contributed by atoms with Gasteiger partial charge < -0.3 is 4.57 Å². The molecule has 1 saturated carbocycles. The molecule has 0 aliphatic heterocycles. The molecule has 1 aromatic heterocycles. The van der Waals surface area contributed by atoms with Gasteiger partial charge in [-0.2, -0.15) is 0 Å². The number of nitrogens with zero attached hydrogens (tertiary/aromatic N) is 2. The van der Waals surface area contributed by atoms with Gasteiger partial charge in [0.25, 0.3) is 0 Å². The maximum atomic E-state index is 12.2. The predicted octanol–water partition coefficient (Wildman–Crippen LogP) is 5.81. The van der Waals surface area contributed by atoms with E-state index >= 15 is 0 Å². The highest BCUT2D eigenvalue weighted by atomic mass is 16.1. The van der Waals surface area contributed by atoms with Crippen molar-refractivity contribution in [1.82, 2.24) is 9.55 Å². The summed E-state index contributed by atoms with van der Waals surface area (Å²) in [5.41, 5.74) is 3.99. The molecular formula is C28H26N2O. The standard InChI is InChI=1S/C28H26N2O/c1-2-27(31)25-18-24(25)26-19-30(20-29-26)28(21-12-6-3-7-13-21,22-14-8-4-9-15-22)23-16-10-5-11-17-23/h3-17,19-20,24-25H,2,18H2,1H3/t24-,25-/m1/s1. The normalized spacial score (nSPS) is 18.0. The van der Waals surface area contributed by atoms with Crippen LogP contribution in [0.25, 0.3) is 0 Å². The van der Waals surface area contributed by atoms with Crippen molar-refractivity contribution in [2.24, 2.45) is 5.92 Å². The minimum absolute atomic E-state index is 0.132. The summed E-state index contributed by atoms with van der Waals surface area (Å²) >= 11 is 0. The Morgan fingerprint density at radius 1 is 0.871 bits per heavy atom. The Morgan fingerprint density at radius 3 is 1.81 bits per heavy atom. The van der Waals surface area contributed by atoms with Crippen LogP contribution < -0.4 is 0 Å². The summed E-state index contributed by atoms with van der Waals surface area (Å²) in [6.07, 6.45) is 5.61. The van der Waals surface area contributed by atoms with Crippen molar-refractivity contribution in [1.29, 1.82) is 0 Å². The van der Waals surface area contributed by atoms with Crippen LogP contribution in [0.15, 0.2) is 104 Å². The zero-order chi connectivity index (χ0) is 21.3. The fraction of sp³-hybridized carbons (Fsp3) is 0.214. The molecule has 0 radical (unpaired) electrons. The molecule has 5 rings (SSSR count). The minimum Gasteiger partial charge on any atom is -0.319 e. The molecular weight excluding hydrogens is 380 g/mol. The van der Waals surface area contributed by atoms with Crippen LogP contribution in [0.5, 0.6) is 0 Å². The summed E-state index contributed by atoms with van der Waals surface area (Å²) in [5.74, 6) is 0.724. The summed E-state index contributed by atoms with van der Waals surface area (Å²) in [6.45, 7) is 1.95. The summed E-state index contributed by atoms with van der Waals surface area (Å²) in [5, 5.41) is 0. The first-order valence-electron chi connectivity index (χ1n) is 11.0. The maximum Gasteiger partial charge on any atom is 0.136 e. The number of carbonyl (C=O) groups is 1. The van der Waals surface area contributed by atoms with Gasteiger partial charge in [0.05, 0.1) is 12.0 Å². The number of rotatable bonds is 7. The second-order valence-electron chi connectivity index (χ2n) is 8.28. The highest BCUT2D eigenvalue weighted by Crippen LogP contribution is 2.49. The van der Waals surface area contributed by atoms with E-state index in [1.807, 2.05) is 13.3 Å². The van der Waals surface area contributed by atoms with E-state index in [2.05, 4.69) is 102 Å². The number of carbonyl (C=O) groups excluding carboxylic acids is 1. The van der Waals surface area contributed by atoms with Crippen LogP contribution in [0.2, 0.25) is 0 Å². The largest absolute Gasteiger partial charge is 0.319 e. The first-order chi connectivity index (χ1) is 15.2. The fourth-order valence-corrected chi connectivity index (χ4v) is 4.84. The van der Waals surface area contributed by atoms with Crippen LogP contribution in [0, 0.1) is 5.92 Å². The second-order valence-corrected chi connectivity index (χ2v) is 8.28. The van der Waals surface area contributed by atoms with Crippen LogP contribution >= 0.6 is 0 Å². The molecule has 154 valence electrons. The summed E-state index contributed by atoms with van der Waals surface area (Å²) in [4.78, 5) is 17.0. The summed E-state index contributed by atoms with van der Waals surface area (Å²) in [7, 11) is 0. The van der Waals surface area contributed by atoms with Gasteiger partial charge in [0.1, 0.15) is 11.3 Å². The molecule has 0 unspecified atom stereocenters. The van der Waals surface area contributed by atoms with Gasteiger partial charge in [0, 0.05) is 24.5 Å². The third-order valence-corrected chi connectivity index (χ3v) is 6.50. The molecule has 1 heterocycles. The van der Waals surface area contributed by atoms with E-state index in [1.165, 1.54) is 16.7 Å². The molecule has 0 amide bonds. The Morgan fingerprint density at radius 2 is 1.35 bits per heavy atom. The highest BCUT2D eigenvalue weighted by Gasteiger charge is 2.45. The van der Waals surface area contributed by atoms with Crippen molar-refractivity contribution >= 4 is 5.78 Å². The van der Waals surface area contributed by atoms with Gasteiger partial charge in [-0.15, -0.1) is 0 Å². The number of aromatic nitrogens is 2. The SMILES string of the molecule is CCC(=O)[C@@H]1C[C@H]1c1cn(C(c2ccccc2)(c2ccccc2)c2ccccc2)cn1. The Kier molecular flexibility index (Phi) is 5.03. The smallest absolute Gasteiger partial charge is 0.136 e. The Bertz CT molecular complexity index is 1070. The number of ketones is 1. The monoisotopic (exact) mass is 406 g/mol. The van der Waals surface area contributed by atoms with E-state index in [0.29, 0.717) is 12.2 Å². The van der Waals surface area contributed by atoms with E-state index in [-0.39, 0.29) is 11.8 Å². The molecule has 3 aromatic carbocycles. The molecule has 2 atom stereocenters. The lowest BCUT2D eigenvalue weighted by Crippen LogP contribution is -2.36. The number of Topliss-reactive ketones (excluding diaryl/α,β-unsaturated/α-hetero) is 1. The molecule has 0 spiro atoms. The van der Waals surface area contributed by atoms with Gasteiger partial charge in [-0.3, -0.25) is 4.79 Å². The van der Waals surface area contributed by atoms with Gasteiger partial charge in [-0.25, -0.2) is 4.98 Å². The number of imidazole rings is 1. The first kappa shape index (κ1) is 19.5. The van der Waals surface area contributed by atoms with E-state index in [9.17, 15) is 4.79 Å². The lowest BCUT2D eigenvalue weighted by Gasteiger charge is -2.37. The van der Waals surface area contributed by atoms with Gasteiger partial charge in [0.2, 0.25) is 0 Å². The fourth-order valence-electron chi connectivity index (χ4n) is 4.84. The third kappa shape index (κ3) is 3.31. The predicted molar refractivity (Wildman–Crippen MR) is 123 cm³/mol. The van der Waals surface area contributed by atoms with Crippen LogP contribution in [0.1, 0.15) is 48.1 Å². The lowest BCUT2D eigenvalue weighted by molar-refractivity contribution is -0.120. The van der Waals surface area contributed by atoms with E-state index in [4.69, 9.17) is 4.98 Å². The molecule has 1 aliphatic carbocycles. The van der Waals surface area contributed by atoms with Gasteiger partial charge in [0.15, 0.2) is 0 Å². The quantitative estimate of drug-likeness (QED) is 0.363. The van der Waals surface area contributed by atoms with Crippen molar-refractivity contribution in [3.05, 3.63) is 126 Å². The molecule has 1 fully saturated rings. The minimum atomic E-state index is -0.547. The number of benzene rings is 3.